The second-order valence-electron chi connectivity index (χ2n) is 7.14. The van der Waals surface area contributed by atoms with Crippen molar-refractivity contribution in [2.75, 3.05) is 39.3 Å². The van der Waals surface area contributed by atoms with Gasteiger partial charge in [0.1, 0.15) is 0 Å². The van der Waals surface area contributed by atoms with E-state index in [1.54, 1.807) is 0 Å². The van der Waals surface area contributed by atoms with Crippen LogP contribution in [-0.2, 0) is 0 Å². The topological polar surface area (TPSA) is 27.3 Å². The molecule has 0 unspecified atom stereocenters. The predicted octanol–water partition coefficient (Wildman–Crippen LogP) is 1.70. The lowest BCUT2D eigenvalue weighted by molar-refractivity contribution is 0.208. The lowest BCUT2D eigenvalue weighted by Gasteiger charge is -2.35. The molecule has 1 saturated heterocycles. The normalized spacial score (nSPS) is 19.6. The Morgan fingerprint density at radius 1 is 1.06 bits per heavy atom. The summed E-state index contributed by atoms with van der Waals surface area (Å²) in [7, 11) is 0. The number of rotatable bonds is 5. The van der Waals surface area contributed by atoms with Crippen molar-refractivity contribution in [3.8, 4) is 0 Å². The van der Waals surface area contributed by atoms with Crippen molar-refractivity contribution >= 4 is 0 Å². The summed E-state index contributed by atoms with van der Waals surface area (Å²) in [5, 5.41) is 7.09. The molecular weight excluding hydrogens is 210 g/mol. The van der Waals surface area contributed by atoms with Crippen molar-refractivity contribution in [2.24, 2.45) is 5.41 Å². The van der Waals surface area contributed by atoms with Crippen LogP contribution in [-0.4, -0.2) is 49.7 Å². The van der Waals surface area contributed by atoms with E-state index in [1.165, 1.54) is 26.1 Å². The Balaban J connectivity index is 2.20. The van der Waals surface area contributed by atoms with Crippen LogP contribution in [0.15, 0.2) is 0 Å². The molecule has 1 rings (SSSR count). The van der Waals surface area contributed by atoms with Crippen LogP contribution >= 0.6 is 0 Å². The molecule has 102 valence electrons. The third kappa shape index (κ3) is 7.02. The van der Waals surface area contributed by atoms with Crippen molar-refractivity contribution in [3.63, 3.8) is 0 Å². The fourth-order valence-electron chi connectivity index (χ4n) is 2.88. The highest BCUT2D eigenvalue weighted by atomic mass is 15.2. The van der Waals surface area contributed by atoms with Crippen LogP contribution < -0.4 is 10.6 Å². The van der Waals surface area contributed by atoms with Gasteiger partial charge in [-0.2, -0.15) is 0 Å². The quantitative estimate of drug-likeness (QED) is 0.767. The molecule has 0 saturated carbocycles. The highest BCUT2D eigenvalue weighted by Gasteiger charge is 2.24. The molecule has 17 heavy (non-hydrogen) atoms. The molecule has 0 atom stereocenters. The van der Waals surface area contributed by atoms with Crippen molar-refractivity contribution < 1.29 is 0 Å². The van der Waals surface area contributed by atoms with Crippen LogP contribution in [0.1, 0.15) is 41.0 Å². The first-order valence-corrected chi connectivity index (χ1v) is 6.97. The van der Waals surface area contributed by atoms with Crippen molar-refractivity contribution in [1.29, 1.82) is 0 Å². The number of hydrogen-bond acceptors (Lipinski definition) is 3. The molecule has 1 aliphatic heterocycles. The Labute approximate surface area is 107 Å². The van der Waals surface area contributed by atoms with Crippen LogP contribution in [0, 0.1) is 5.41 Å². The molecule has 0 amide bonds. The summed E-state index contributed by atoms with van der Waals surface area (Å²) in [4.78, 5) is 2.54. The van der Waals surface area contributed by atoms with Crippen molar-refractivity contribution in [2.45, 2.75) is 46.6 Å². The summed E-state index contributed by atoms with van der Waals surface area (Å²) in [5.41, 5.74) is 0.637. The zero-order valence-corrected chi connectivity index (χ0v) is 12.4. The summed E-state index contributed by atoms with van der Waals surface area (Å²) < 4.78 is 0. The van der Waals surface area contributed by atoms with Gasteiger partial charge in [-0.15, -0.1) is 0 Å². The van der Waals surface area contributed by atoms with Crippen molar-refractivity contribution in [1.82, 2.24) is 15.5 Å². The average molecular weight is 241 g/mol. The van der Waals surface area contributed by atoms with Gasteiger partial charge < -0.3 is 10.6 Å². The molecule has 1 heterocycles. The third-order valence-electron chi connectivity index (χ3n) is 3.21. The largest absolute Gasteiger partial charge is 0.314 e. The molecule has 0 radical (unpaired) electrons. The van der Waals surface area contributed by atoms with Crippen molar-refractivity contribution in [3.05, 3.63) is 0 Å². The summed E-state index contributed by atoms with van der Waals surface area (Å²) in [5.74, 6) is 0. The SMILES string of the molecule is CC(C)(C)CC(C)(C)NCCN1CCNCC1. The van der Waals surface area contributed by atoms with Gasteiger partial charge in [0.05, 0.1) is 0 Å². The number of piperazine rings is 1. The van der Waals surface area contributed by atoms with Gasteiger partial charge in [-0.05, 0) is 25.7 Å². The van der Waals surface area contributed by atoms with E-state index in [0.717, 1.165) is 19.6 Å². The van der Waals surface area contributed by atoms with Gasteiger partial charge in [-0.3, -0.25) is 4.90 Å². The van der Waals surface area contributed by atoms with E-state index in [1.807, 2.05) is 0 Å². The lowest BCUT2D eigenvalue weighted by atomic mass is 9.82. The molecular formula is C14H31N3. The van der Waals surface area contributed by atoms with E-state index in [-0.39, 0.29) is 5.54 Å². The third-order valence-corrected chi connectivity index (χ3v) is 3.21. The maximum Gasteiger partial charge on any atom is 0.0130 e. The van der Waals surface area contributed by atoms with E-state index in [4.69, 9.17) is 0 Å². The molecule has 0 bridgehead atoms. The highest BCUT2D eigenvalue weighted by Crippen LogP contribution is 2.26. The maximum absolute atomic E-state index is 3.70. The second-order valence-corrected chi connectivity index (χ2v) is 7.14. The fraction of sp³-hybridized carbons (Fsp3) is 1.00. The van der Waals surface area contributed by atoms with Gasteiger partial charge in [-0.25, -0.2) is 0 Å². The van der Waals surface area contributed by atoms with E-state index < -0.39 is 0 Å². The van der Waals surface area contributed by atoms with E-state index in [2.05, 4.69) is 50.2 Å². The molecule has 1 fully saturated rings. The zero-order chi connectivity index (χ0) is 12.9. The first kappa shape index (κ1) is 14.9. The molecule has 3 heteroatoms. The number of nitrogens with one attached hydrogen (secondary N) is 2. The molecule has 1 aliphatic rings. The summed E-state index contributed by atoms with van der Waals surface area (Å²) in [6.07, 6.45) is 1.21. The second kappa shape index (κ2) is 6.17. The molecule has 0 spiro atoms. The molecule has 0 aromatic rings. The Morgan fingerprint density at radius 2 is 1.65 bits per heavy atom. The van der Waals surface area contributed by atoms with Crippen LogP contribution in [0.4, 0.5) is 0 Å². The highest BCUT2D eigenvalue weighted by molar-refractivity contribution is 4.83. The summed E-state index contributed by atoms with van der Waals surface area (Å²) in [6.45, 7) is 18.5. The number of nitrogens with zero attached hydrogens (tertiary/aromatic N) is 1. The Hall–Kier alpha value is -0.120. The Morgan fingerprint density at radius 3 is 2.18 bits per heavy atom. The standard InChI is InChI=1S/C14H31N3/c1-13(2,3)12-14(4,5)16-8-11-17-9-6-15-7-10-17/h15-16H,6-12H2,1-5H3. The van der Waals surface area contributed by atoms with E-state index in [9.17, 15) is 0 Å². The van der Waals surface area contributed by atoms with Gasteiger partial charge in [0.2, 0.25) is 0 Å². The van der Waals surface area contributed by atoms with Gasteiger partial charge in [0.15, 0.2) is 0 Å². The van der Waals surface area contributed by atoms with E-state index in [0.29, 0.717) is 5.41 Å². The Kier molecular flexibility index (Phi) is 5.42. The summed E-state index contributed by atoms with van der Waals surface area (Å²) in [6, 6.07) is 0. The molecule has 2 N–H and O–H groups in total. The molecule has 0 aliphatic carbocycles. The minimum absolute atomic E-state index is 0.242. The molecule has 3 nitrogen and oxygen atoms in total. The van der Waals surface area contributed by atoms with Crippen LogP contribution in [0.25, 0.3) is 0 Å². The predicted molar refractivity (Wildman–Crippen MR) is 75.5 cm³/mol. The van der Waals surface area contributed by atoms with Gasteiger partial charge >= 0.3 is 0 Å². The fourth-order valence-corrected chi connectivity index (χ4v) is 2.88. The van der Waals surface area contributed by atoms with Gasteiger partial charge in [-0.1, -0.05) is 20.8 Å². The minimum atomic E-state index is 0.242. The van der Waals surface area contributed by atoms with E-state index >= 15 is 0 Å². The monoisotopic (exact) mass is 241 g/mol. The first-order valence-electron chi connectivity index (χ1n) is 6.97. The van der Waals surface area contributed by atoms with Crippen LogP contribution in [0.5, 0.6) is 0 Å². The van der Waals surface area contributed by atoms with Crippen LogP contribution in [0.3, 0.4) is 0 Å². The molecule has 0 aromatic heterocycles. The first-order chi connectivity index (χ1) is 7.79. The zero-order valence-electron chi connectivity index (χ0n) is 12.4. The van der Waals surface area contributed by atoms with Crippen LogP contribution in [0.2, 0.25) is 0 Å². The Bertz CT molecular complexity index is 212. The summed E-state index contributed by atoms with van der Waals surface area (Å²) >= 11 is 0. The smallest absolute Gasteiger partial charge is 0.0130 e. The van der Waals surface area contributed by atoms with Gasteiger partial charge in [0, 0.05) is 44.8 Å². The average Bonchev–Trinajstić information content (AvgIpc) is 2.15. The molecule has 0 aromatic carbocycles. The number of hydrogen-bond donors (Lipinski definition) is 2. The minimum Gasteiger partial charge on any atom is -0.314 e. The lowest BCUT2D eigenvalue weighted by Crippen LogP contribution is -2.49. The maximum atomic E-state index is 3.70. The van der Waals surface area contributed by atoms with Gasteiger partial charge in [0.25, 0.3) is 0 Å².